The summed E-state index contributed by atoms with van der Waals surface area (Å²) < 4.78 is 19.6. The normalized spacial score (nSPS) is 21.4. The van der Waals surface area contributed by atoms with Gasteiger partial charge in [0.2, 0.25) is 5.91 Å². The molecule has 2 aromatic carbocycles. The van der Waals surface area contributed by atoms with E-state index in [9.17, 15) is 18.8 Å². The number of ether oxygens (including phenoxy) is 1. The van der Waals surface area contributed by atoms with E-state index in [1.54, 1.807) is 36.4 Å². The lowest BCUT2D eigenvalue weighted by Gasteiger charge is -2.27. The quantitative estimate of drug-likeness (QED) is 0.722. The second-order valence-corrected chi connectivity index (χ2v) is 8.36. The number of carbonyl (C=O) groups is 3. The Bertz CT molecular complexity index is 964. The summed E-state index contributed by atoms with van der Waals surface area (Å²) in [5.74, 6) is -1.23. The van der Waals surface area contributed by atoms with Crippen molar-refractivity contribution in [3.05, 3.63) is 69.9 Å². The van der Waals surface area contributed by atoms with Crippen LogP contribution < -0.4 is 5.32 Å². The summed E-state index contributed by atoms with van der Waals surface area (Å²) in [6.07, 6.45) is 0.492. The Balaban J connectivity index is 1.57. The zero-order valence-corrected chi connectivity index (χ0v) is 17.6. The van der Waals surface area contributed by atoms with Gasteiger partial charge in [0.25, 0.3) is 5.91 Å². The first-order valence-corrected chi connectivity index (χ1v) is 10.5. The molecule has 8 heteroatoms. The molecule has 2 aromatic rings. The van der Waals surface area contributed by atoms with E-state index in [0.29, 0.717) is 24.1 Å². The van der Waals surface area contributed by atoms with E-state index >= 15 is 0 Å². The molecule has 2 saturated heterocycles. The SMILES string of the molecule is O=C(NC(Cc1ccc(F)cc1)C(=O)N1CCC2OCC(=O)C21)c1ccc(Br)cc1. The molecule has 2 fully saturated rings. The van der Waals surface area contributed by atoms with Crippen LogP contribution in [0, 0.1) is 5.82 Å². The number of fused-ring (bicyclic) bond motifs is 1. The van der Waals surface area contributed by atoms with Gasteiger partial charge >= 0.3 is 0 Å². The molecule has 1 N–H and O–H groups in total. The predicted molar refractivity (Wildman–Crippen MR) is 110 cm³/mol. The van der Waals surface area contributed by atoms with Crippen LogP contribution in [0.1, 0.15) is 22.3 Å². The molecule has 6 nitrogen and oxygen atoms in total. The van der Waals surface area contributed by atoms with E-state index in [-0.39, 0.29) is 36.6 Å². The molecule has 2 amide bonds. The van der Waals surface area contributed by atoms with Gasteiger partial charge in [-0.1, -0.05) is 28.1 Å². The van der Waals surface area contributed by atoms with E-state index in [0.717, 1.165) is 4.47 Å². The third-order valence-electron chi connectivity index (χ3n) is 5.46. The first-order valence-electron chi connectivity index (χ1n) is 9.68. The summed E-state index contributed by atoms with van der Waals surface area (Å²) >= 11 is 3.33. The summed E-state index contributed by atoms with van der Waals surface area (Å²) in [5.41, 5.74) is 1.12. The lowest BCUT2D eigenvalue weighted by atomic mass is 10.0. The third-order valence-corrected chi connectivity index (χ3v) is 5.99. The predicted octanol–water partition coefficient (Wildman–Crippen LogP) is 2.50. The maximum atomic E-state index is 13.3. The minimum Gasteiger partial charge on any atom is -0.368 e. The molecular weight excluding hydrogens is 455 g/mol. The summed E-state index contributed by atoms with van der Waals surface area (Å²) in [6, 6.07) is 11.1. The van der Waals surface area contributed by atoms with Crippen LogP contribution in [-0.4, -0.2) is 53.8 Å². The fourth-order valence-electron chi connectivity index (χ4n) is 3.94. The van der Waals surface area contributed by atoms with Gasteiger partial charge in [-0.15, -0.1) is 0 Å². The van der Waals surface area contributed by atoms with Crippen molar-refractivity contribution < 1.29 is 23.5 Å². The number of Topliss-reactive ketones (excluding diaryl/α,β-unsaturated/α-hetero) is 1. The number of nitrogens with one attached hydrogen (secondary N) is 1. The van der Waals surface area contributed by atoms with Crippen molar-refractivity contribution in [2.75, 3.05) is 13.2 Å². The fourth-order valence-corrected chi connectivity index (χ4v) is 4.21. The maximum Gasteiger partial charge on any atom is 0.251 e. The van der Waals surface area contributed by atoms with Crippen LogP contribution in [0.25, 0.3) is 0 Å². The van der Waals surface area contributed by atoms with Crippen molar-refractivity contribution in [1.82, 2.24) is 10.2 Å². The first-order chi connectivity index (χ1) is 14.4. The topological polar surface area (TPSA) is 75.7 Å². The first kappa shape index (κ1) is 20.7. The van der Waals surface area contributed by atoms with Crippen LogP contribution in [0.3, 0.4) is 0 Å². The van der Waals surface area contributed by atoms with Gasteiger partial charge < -0.3 is 15.0 Å². The number of halogens is 2. The number of ketones is 1. The summed E-state index contributed by atoms with van der Waals surface area (Å²) in [7, 11) is 0. The molecule has 4 rings (SSSR count). The van der Waals surface area contributed by atoms with Crippen molar-refractivity contribution in [2.45, 2.75) is 31.0 Å². The van der Waals surface area contributed by atoms with E-state index < -0.39 is 18.0 Å². The van der Waals surface area contributed by atoms with Crippen LogP contribution in [0.15, 0.2) is 53.0 Å². The Morgan fingerprint density at radius 2 is 1.87 bits per heavy atom. The van der Waals surface area contributed by atoms with Gasteiger partial charge in [-0.25, -0.2) is 4.39 Å². The number of rotatable bonds is 5. The Morgan fingerprint density at radius 3 is 2.57 bits per heavy atom. The average Bonchev–Trinajstić information content (AvgIpc) is 3.32. The van der Waals surface area contributed by atoms with E-state index in [1.807, 2.05) is 0 Å². The van der Waals surface area contributed by atoms with Gasteiger partial charge in [-0.3, -0.25) is 14.4 Å². The second kappa shape index (κ2) is 8.65. The monoisotopic (exact) mass is 474 g/mol. The molecule has 0 bridgehead atoms. The van der Waals surface area contributed by atoms with Crippen LogP contribution >= 0.6 is 15.9 Å². The molecule has 156 valence electrons. The number of likely N-dealkylation sites (tertiary alicyclic amines) is 1. The van der Waals surface area contributed by atoms with Crippen molar-refractivity contribution in [2.24, 2.45) is 0 Å². The lowest BCUT2D eigenvalue weighted by Crippen LogP contribution is -2.53. The smallest absolute Gasteiger partial charge is 0.251 e. The Kier molecular flexibility index (Phi) is 5.97. The van der Waals surface area contributed by atoms with Gasteiger partial charge in [-0.05, 0) is 48.4 Å². The van der Waals surface area contributed by atoms with Crippen LogP contribution in [0.2, 0.25) is 0 Å². The Hall–Kier alpha value is -2.58. The Labute approximate surface area is 181 Å². The second-order valence-electron chi connectivity index (χ2n) is 7.44. The molecule has 3 unspecified atom stereocenters. The molecule has 0 radical (unpaired) electrons. The minimum absolute atomic E-state index is 0.00694. The van der Waals surface area contributed by atoms with Crippen LogP contribution in [0.4, 0.5) is 4.39 Å². The van der Waals surface area contributed by atoms with E-state index in [2.05, 4.69) is 21.2 Å². The molecule has 2 heterocycles. The molecule has 0 spiro atoms. The highest BCUT2D eigenvalue weighted by Gasteiger charge is 2.48. The summed E-state index contributed by atoms with van der Waals surface area (Å²) in [4.78, 5) is 39.8. The summed E-state index contributed by atoms with van der Waals surface area (Å²) in [6.45, 7) is 0.404. The van der Waals surface area contributed by atoms with Gasteiger partial charge in [0.1, 0.15) is 24.5 Å². The zero-order valence-electron chi connectivity index (χ0n) is 16.0. The molecule has 3 atom stereocenters. The molecule has 30 heavy (non-hydrogen) atoms. The van der Waals surface area contributed by atoms with Gasteiger partial charge in [0, 0.05) is 23.0 Å². The van der Waals surface area contributed by atoms with Gasteiger partial charge in [0.05, 0.1) is 6.10 Å². The fraction of sp³-hybridized carbons (Fsp3) is 0.318. The van der Waals surface area contributed by atoms with Crippen molar-refractivity contribution in [1.29, 1.82) is 0 Å². The molecule has 0 aromatic heterocycles. The molecular formula is C22H20BrFN2O4. The Morgan fingerprint density at radius 1 is 1.17 bits per heavy atom. The largest absolute Gasteiger partial charge is 0.368 e. The van der Waals surface area contributed by atoms with Crippen LogP contribution in [-0.2, 0) is 20.7 Å². The minimum atomic E-state index is -0.890. The van der Waals surface area contributed by atoms with Crippen molar-refractivity contribution in [3.8, 4) is 0 Å². The number of carbonyl (C=O) groups excluding carboxylic acids is 3. The molecule has 2 aliphatic rings. The van der Waals surface area contributed by atoms with Crippen molar-refractivity contribution >= 4 is 33.5 Å². The number of benzene rings is 2. The number of amides is 2. The number of hydrogen-bond donors (Lipinski definition) is 1. The highest BCUT2D eigenvalue weighted by molar-refractivity contribution is 9.10. The highest BCUT2D eigenvalue weighted by atomic mass is 79.9. The maximum absolute atomic E-state index is 13.3. The number of hydrogen-bond acceptors (Lipinski definition) is 4. The standard InChI is InChI=1S/C22H20BrFN2O4/c23-15-5-3-14(4-6-15)21(28)25-17(11-13-1-7-16(24)8-2-13)22(29)26-10-9-19-20(26)18(27)12-30-19/h1-8,17,19-20H,9-12H2,(H,25,28). The average molecular weight is 475 g/mol. The van der Waals surface area contributed by atoms with Gasteiger partial charge in [0.15, 0.2) is 5.78 Å². The van der Waals surface area contributed by atoms with Gasteiger partial charge in [-0.2, -0.15) is 0 Å². The highest BCUT2D eigenvalue weighted by Crippen LogP contribution is 2.28. The van der Waals surface area contributed by atoms with E-state index in [1.165, 1.54) is 17.0 Å². The van der Waals surface area contributed by atoms with Crippen molar-refractivity contribution in [3.63, 3.8) is 0 Å². The number of nitrogens with zero attached hydrogens (tertiary/aromatic N) is 1. The molecule has 0 aliphatic carbocycles. The molecule has 2 aliphatic heterocycles. The third kappa shape index (κ3) is 4.29. The molecule has 0 saturated carbocycles. The lowest BCUT2D eigenvalue weighted by molar-refractivity contribution is -0.138. The van der Waals surface area contributed by atoms with Crippen LogP contribution in [0.5, 0.6) is 0 Å². The summed E-state index contributed by atoms with van der Waals surface area (Å²) in [5, 5.41) is 2.80. The van der Waals surface area contributed by atoms with E-state index in [4.69, 9.17) is 4.74 Å². The zero-order chi connectivity index (χ0) is 21.3.